The minimum Gasteiger partial charge on any atom is -0.489 e. The van der Waals surface area contributed by atoms with Crippen LogP contribution in [0.2, 0.25) is 5.02 Å². The minimum absolute atomic E-state index is 0.0685. The van der Waals surface area contributed by atoms with E-state index in [2.05, 4.69) is 4.98 Å². The monoisotopic (exact) mass is 458 g/mol. The van der Waals surface area contributed by atoms with Crippen molar-refractivity contribution in [2.24, 2.45) is 0 Å². The highest BCUT2D eigenvalue weighted by Gasteiger charge is 2.20. The number of aliphatic hydroxyl groups excluding tert-OH is 1. The minimum atomic E-state index is -1.26. The second kappa shape index (κ2) is 8.38. The number of thiophene rings is 1. The van der Waals surface area contributed by atoms with Gasteiger partial charge in [-0.25, -0.2) is 14.2 Å². The van der Waals surface area contributed by atoms with Crippen LogP contribution in [0.5, 0.6) is 5.75 Å². The number of fused-ring (bicyclic) bond motifs is 1. The van der Waals surface area contributed by atoms with Crippen molar-refractivity contribution in [2.75, 3.05) is 0 Å². The van der Waals surface area contributed by atoms with E-state index in [0.717, 1.165) is 27.0 Å². The fourth-order valence-corrected chi connectivity index (χ4v) is 4.18. The summed E-state index contributed by atoms with van der Waals surface area (Å²) in [7, 11) is 0. The number of H-pyrrole nitrogens is 1. The van der Waals surface area contributed by atoms with Crippen LogP contribution in [0.1, 0.15) is 20.8 Å². The summed E-state index contributed by atoms with van der Waals surface area (Å²) in [6.07, 6.45) is 0. The molecule has 8 nitrogen and oxygen atoms in total. The molecule has 2 aromatic carbocycles. The zero-order valence-corrected chi connectivity index (χ0v) is 17.4. The molecule has 0 fully saturated rings. The molecule has 0 radical (unpaired) electrons. The number of halogens is 1. The Hall–Kier alpha value is -3.40. The summed E-state index contributed by atoms with van der Waals surface area (Å²) in [4.78, 5) is 39.4. The molecule has 0 aliphatic heterocycles. The highest BCUT2D eigenvalue weighted by Crippen LogP contribution is 2.26. The normalized spacial score (nSPS) is 11.0. The van der Waals surface area contributed by atoms with E-state index < -0.39 is 17.2 Å². The smallest absolute Gasteiger partial charge is 0.346 e. The Bertz CT molecular complexity index is 1420. The van der Waals surface area contributed by atoms with Crippen LogP contribution in [0.3, 0.4) is 0 Å². The maximum absolute atomic E-state index is 13.0. The molecule has 2 aromatic heterocycles. The molecule has 0 amide bonds. The predicted molar refractivity (Wildman–Crippen MR) is 117 cm³/mol. The van der Waals surface area contributed by atoms with E-state index in [9.17, 15) is 24.6 Å². The second-order valence-corrected chi connectivity index (χ2v) is 7.90. The third-order valence-corrected chi connectivity index (χ3v) is 5.87. The molecule has 0 aliphatic carbocycles. The average molecular weight is 459 g/mol. The van der Waals surface area contributed by atoms with Crippen LogP contribution in [0, 0.1) is 0 Å². The maximum atomic E-state index is 13.0. The van der Waals surface area contributed by atoms with Crippen LogP contribution in [-0.2, 0) is 13.2 Å². The van der Waals surface area contributed by atoms with E-state index in [4.69, 9.17) is 16.3 Å². The molecule has 2 heterocycles. The van der Waals surface area contributed by atoms with Crippen molar-refractivity contribution in [3.05, 3.63) is 89.7 Å². The van der Waals surface area contributed by atoms with Crippen molar-refractivity contribution in [3.63, 3.8) is 0 Å². The van der Waals surface area contributed by atoms with Crippen LogP contribution in [-0.4, -0.2) is 25.7 Å². The van der Waals surface area contributed by atoms with Crippen LogP contribution in [0.15, 0.2) is 57.4 Å². The van der Waals surface area contributed by atoms with Crippen molar-refractivity contribution in [1.82, 2.24) is 9.55 Å². The van der Waals surface area contributed by atoms with Gasteiger partial charge in [0.2, 0.25) is 0 Å². The molecule has 0 spiro atoms. The Labute approximate surface area is 183 Å². The van der Waals surface area contributed by atoms with Gasteiger partial charge in [-0.3, -0.25) is 4.79 Å². The van der Waals surface area contributed by atoms with Crippen LogP contribution in [0.4, 0.5) is 0 Å². The molecule has 0 saturated heterocycles. The van der Waals surface area contributed by atoms with Gasteiger partial charge in [0.1, 0.15) is 17.2 Å². The van der Waals surface area contributed by atoms with Gasteiger partial charge >= 0.3 is 11.7 Å². The number of hydrogen-bond acceptors (Lipinski definition) is 6. The number of carboxylic acids is 1. The standard InChI is InChI=1S/C21H15ClN2O6S/c22-14-5-4-13(30-9-12-3-1-2-11(6-12)8-25)7-16(14)24-19(26)17-15(23-21(24)29)10-31-18(17)20(27)28/h1-7,10,25H,8-9H2,(H,23,29)(H,27,28). The summed E-state index contributed by atoms with van der Waals surface area (Å²) < 4.78 is 6.56. The number of hydrogen-bond donors (Lipinski definition) is 3. The lowest BCUT2D eigenvalue weighted by molar-refractivity contribution is 0.0704. The van der Waals surface area contributed by atoms with E-state index >= 15 is 0 Å². The first-order chi connectivity index (χ1) is 14.9. The molecule has 4 rings (SSSR count). The first-order valence-corrected chi connectivity index (χ1v) is 10.3. The Morgan fingerprint density at radius 1 is 1.16 bits per heavy atom. The maximum Gasteiger partial charge on any atom is 0.346 e. The fraction of sp³-hybridized carbons (Fsp3) is 0.0952. The van der Waals surface area contributed by atoms with Gasteiger partial charge in [0.25, 0.3) is 5.56 Å². The van der Waals surface area contributed by atoms with Gasteiger partial charge in [0.05, 0.1) is 28.2 Å². The van der Waals surface area contributed by atoms with Crippen LogP contribution in [0.25, 0.3) is 16.6 Å². The first kappa shape index (κ1) is 20.9. The van der Waals surface area contributed by atoms with Crippen molar-refractivity contribution >= 4 is 39.8 Å². The summed E-state index contributed by atoms with van der Waals surface area (Å²) in [5.74, 6) is -0.909. The van der Waals surface area contributed by atoms with Crippen molar-refractivity contribution in [2.45, 2.75) is 13.2 Å². The van der Waals surface area contributed by atoms with E-state index in [1.165, 1.54) is 17.5 Å². The summed E-state index contributed by atoms with van der Waals surface area (Å²) in [5, 5.41) is 20.0. The molecule has 31 heavy (non-hydrogen) atoms. The number of aromatic amines is 1. The molecule has 0 aliphatic rings. The van der Waals surface area contributed by atoms with Gasteiger partial charge in [-0.05, 0) is 23.3 Å². The van der Waals surface area contributed by atoms with Gasteiger partial charge < -0.3 is 19.9 Å². The summed E-state index contributed by atoms with van der Waals surface area (Å²) >= 11 is 7.10. The molecule has 0 atom stereocenters. The highest BCUT2D eigenvalue weighted by atomic mass is 35.5. The number of nitrogens with zero attached hydrogens (tertiary/aromatic N) is 1. The number of aromatic carboxylic acids is 1. The first-order valence-electron chi connectivity index (χ1n) is 9.00. The quantitative estimate of drug-likeness (QED) is 0.408. The van der Waals surface area contributed by atoms with E-state index in [1.54, 1.807) is 24.3 Å². The van der Waals surface area contributed by atoms with Crippen LogP contribution < -0.4 is 16.0 Å². The fourth-order valence-electron chi connectivity index (χ4n) is 3.15. The van der Waals surface area contributed by atoms with Gasteiger partial charge in [0.15, 0.2) is 0 Å². The molecule has 0 bridgehead atoms. The number of benzene rings is 2. The molecular weight excluding hydrogens is 444 g/mol. The van der Waals surface area contributed by atoms with Crippen molar-refractivity contribution < 1.29 is 19.7 Å². The number of nitrogens with one attached hydrogen (secondary N) is 1. The summed E-state index contributed by atoms with van der Waals surface area (Å²) in [5.41, 5.74) is 0.257. The molecule has 0 saturated carbocycles. The topological polar surface area (TPSA) is 122 Å². The SMILES string of the molecule is O=C(O)c1scc2[nH]c(=O)n(-c3cc(OCc4cccc(CO)c4)ccc3Cl)c(=O)c12. The number of carbonyl (C=O) groups is 1. The third-order valence-electron chi connectivity index (χ3n) is 4.58. The van der Waals surface area contributed by atoms with Gasteiger partial charge in [-0.2, -0.15) is 0 Å². The largest absolute Gasteiger partial charge is 0.489 e. The Morgan fingerprint density at radius 3 is 2.68 bits per heavy atom. The molecule has 0 unspecified atom stereocenters. The zero-order valence-electron chi connectivity index (χ0n) is 15.8. The number of rotatable bonds is 6. The molecule has 3 N–H and O–H groups in total. The lowest BCUT2D eigenvalue weighted by Gasteiger charge is -2.11. The Balaban J connectivity index is 1.76. The van der Waals surface area contributed by atoms with Crippen LogP contribution >= 0.6 is 22.9 Å². The molecular formula is C21H15ClN2O6S. The second-order valence-electron chi connectivity index (χ2n) is 6.61. The summed E-state index contributed by atoms with van der Waals surface area (Å²) in [6, 6.07) is 11.7. The Kier molecular flexibility index (Phi) is 5.64. The third kappa shape index (κ3) is 3.98. The van der Waals surface area contributed by atoms with E-state index in [0.29, 0.717) is 5.75 Å². The Morgan fingerprint density at radius 2 is 1.94 bits per heavy atom. The van der Waals surface area contributed by atoms with Crippen molar-refractivity contribution in [3.8, 4) is 11.4 Å². The average Bonchev–Trinajstić information content (AvgIpc) is 3.18. The zero-order chi connectivity index (χ0) is 22.1. The van der Waals surface area contributed by atoms with Crippen molar-refractivity contribution in [1.29, 1.82) is 0 Å². The predicted octanol–water partition coefficient (Wildman–Crippen LogP) is 3.16. The van der Waals surface area contributed by atoms with E-state index in [1.807, 2.05) is 6.07 Å². The number of aliphatic hydroxyl groups is 1. The number of carboxylic acid groups (broad SMARTS) is 1. The molecule has 4 aromatic rings. The highest BCUT2D eigenvalue weighted by molar-refractivity contribution is 7.13. The lowest BCUT2D eigenvalue weighted by Crippen LogP contribution is -2.34. The lowest BCUT2D eigenvalue weighted by atomic mass is 10.1. The number of aromatic nitrogens is 2. The van der Waals surface area contributed by atoms with Gasteiger partial charge in [-0.1, -0.05) is 35.9 Å². The molecule has 10 heteroatoms. The number of ether oxygens (including phenoxy) is 1. The molecule has 158 valence electrons. The van der Waals surface area contributed by atoms with E-state index in [-0.39, 0.29) is 39.7 Å². The van der Waals surface area contributed by atoms with Gasteiger partial charge in [-0.15, -0.1) is 11.3 Å². The summed E-state index contributed by atoms with van der Waals surface area (Å²) in [6.45, 7) is 0.0981. The van der Waals surface area contributed by atoms with Gasteiger partial charge in [0, 0.05) is 11.4 Å².